The first-order valence-electron chi connectivity index (χ1n) is 9.71. The second kappa shape index (κ2) is 8.92. The number of nitrogens with one attached hydrogen (secondary N) is 1. The van der Waals surface area contributed by atoms with Gasteiger partial charge in [0.05, 0.1) is 0 Å². The molecule has 0 spiro atoms. The predicted molar refractivity (Wildman–Crippen MR) is 113 cm³/mol. The van der Waals surface area contributed by atoms with Crippen molar-refractivity contribution in [2.24, 2.45) is 0 Å². The molecule has 152 valence electrons. The van der Waals surface area contributed by atoms with Crippen LogP contribution in [-0.2, 0) is 16.0 Å². The minimum atomic E-state index is -1.82. The molecule has 0 bridgehead atoms. The number of H-pyrrole nitrogens is 1. The van der Waals surface area contributed by atoms with E-state index in [2.05, 4.69) is 78.5 Å². The summed E-state index contributed by atoms with van der Waals surface area (Å²) < 4.78 is 0. The van der Waals surface area contributed by atoms with Crippen LogP contribution in [0.25, 0.3) is 22.2 Å². The van der Waals surface area contributed by atoms with Crippen LogP contribution < -0.4 is 0 Å². The van der Waals surface area contributed by atoms with Crippen molar-refractivity contribution in [2.75, 3.05) is 7.05 Å². The smallest absolute Gasteiger partial charge is 0.414 e. The van der Waals surface area contributed by atoms with Crippen LogP contribution in [0.1, 0.15) is 25.3 Å². The minimum absolute atomic E-state index is 0.645. The molecule has 1 aromatic heterocycles. The van der Waals surface area contributed by atoms with E-state index in [1.807, 2.05) is 0 Å². The third kappa shape index (κ3) is 4.66. The number of para-hydroxylation sites is 1. The highest BCUT2D eigenvalue weighted by molar-refractivity contribution is 6.27. The van der Waals surface area contributed by atoms with Gasteiger partial charge in [0, 0.05) is 28.7 Å². The lowest BCUT2D eigenvalue weighted by molar-refractivity contribution is -0.159. The number of carbonyl (C=O) groups is 2. The third-order valence-corrected chi connectivity index (χ3v) is 5.69. The number of likely N-dealkylation sites (N-methyl/N-ethyl adjacent to an activating group) is 1. The van der Waals surface area contributed by atoms with Crippen molar-refractivity contribution >= 4 is 22.8 Å². The number of carboxylic acids is 2. The Labute approximate surface area is 169 Å². The van der Waals surface area contributed by atoms with Gasteiger partial charge in [-0.15, -0.1) is 0 Å². The normalized spacial score (nSPS) is 19.0. The molecule has 6 nitrogen and oxygen atoms in total. The Morgan fingerprint density at radius 3 is 2.21 bits per heavy atom. The Bertz CT molecular complexity index is 985. The van der Waals surface area contributed by atoms with Crippen LogP contribution in [0.15, 0.2) is 54.6 Å². The molecule has 29 heavy (non-hydrogen) atoms. The topological polar surface area (TPSA) is 93.6 Å². The molecule has 1 saturated heterocycles. The standard InChI is InChI=1S/C21H24N2.C2H2O4/c1-15-12-13-17(23(15)2)14-19-18-10-6-7-11-20(18)22-21(19)16-8-4-3-5-9-16;3-1(4)2(5)6/h3-11,15,17,22H,12-14H2,1-2H3;(H,3,4)(H,5,6)/t15-,17-;/m1./s1. The molecule has 2 atom stereocenters. The maximum Gasteiger partial charge on any atom is 0.414 e. The van der Waals surface area contributed by atoms with Crippen molar-refractivity contribution in [3.63, 3.8) is 0 Å². The van der Waals surface area contributed by atoms with Gasteiger partial charge >= 0.3 is 11.9 Å². The summed E-state index contributed by atoms with van der Waals surface area (Å²) in [6.07, 6.45) is 3.73. The van der Waals surface area contributed by atoms with Crippen molar-refractivity contribution in [2.45, 2.75) is 38.3 Å². The monoisotopic (exact) mass is 394 g/mol. The van der Waals surface area contributed by atoms with Gasteiger partial charge in [0.25, 0.3) is 0 Å². The Kier molecular flexibility index (Phi) is 6.34. The minimum Gasteiger partial charge on any atom is -0.473 e. The Hall–Kier alpha value is -3.12. The summed E-state index contributed by atoms with van der Waals surface area (Å²) in [5, 5.41) is 16.2. The number of likely N-dealkylation sites (tertiary alicyclic amines) is 1. The summed E-state index contributed by atoms with van der Waals surface area (Å²) in [7, 11) is 2.28. The summed E-state index contributed by atoms with van der Waals surface area (Å²) in [4.78, 5) is 24.4. The van der Waals surface area contributed by atoms with Crippen LogP contribution in [0, 0.1) is 0 Å². The fourth-order valence-electron chi connectivity index (χ4n) is 3.95. The van der Waals surface area contributed by atoms with Crippen LogP contribution in [-0.4, -0.2) is 51.2 Å². The fraction of sp³-hybridized carbons (Fsp3) is 0.304. The van der Waals surface area contributed by atoms with Gasteiger partial charge in [0.2, 0.25) is 0 Å². The van der Waals surface area contributed by atoms with Crippen LogP contribution in [0.2, 0.25) is 0 Å². The molecule has 2 aromatic carbocycles. The van der Waals surface area contributed by atoms with Crippen LogP contribution in [0.5, 0.6) is 0 Å². The first-order valence-corrected chi connectivity index (χ1v) is 9.71. The second-order valence-electron chi connectivity index (χ2n) is 7.45. The summed E-state index contributed by atoms with van der Waals surface area (Å²) >= 11 is 0. The summed E-state index contributed by atoms with van der Waals surface area (Å²) in [6.45, 7) is 2.34. The average molecular weight is 394 g/mol. The molecule has 1 aliphatic rings. The zero-order valence-electron chi connectivity index (χ0n) is 16.6. The van der Waals surface area contributed by atoms with Crippen molar-refractivity contribution in [1.82, 2.24) is 9.88 Å². The number of aromatic nitrogens is 1. The molecular weight excluding hydrogens is 368 g/mol. The highest BCUT2D eigenvalue weighted by Crippen LogP contribution is 2.34. The summed E-state index contributed by atoms with van der Waals surface area (Å²) in [5.41, 5.74) is 5.29. The molecule has 3 aromatic rings. The van der Waals surface area contributed by atoms with E-state index in [0.29, 0.717) is 12.1 Å². The zero-order valence-corrected chi connectivity index (χ0v) is 16.6. The molecule has 4 rings (SSSR count). The molecule has 0 unspecified atom stereocenters. The number of nitrogens with zero attached hydrogens (tertiary/aromatic N) is 1. The van der Waals surface area contributed by atoms with Gasteiger partial charge in [-0.25, -0.2) is 9.59 Å². The van der Waals surface area contributed by atoms with E-state index in [4.69, 9.17) is 19.8 Å². The number of carboxylic acid groups (broad SMARTS) is 2. The largest absolute Gasteiger partial charge is 0.473 e. The van der Waals surface area contributed by atoms with E-state index in [-0.39, 0.29) is 0 Å². The van der Waals surface area contributed by atoms with Crippen molar-refractivity contribution < 1.29 is 19.8 Å². The van der Waals surface area contributed by atoms with Gasteiger partial charge in [-0.3, -0.25) is 0 Å². The number of aromatic amines is 1. The van der Waals surface area contributed by atoms with E-state index in [1.54, 1.807) is 0 Å². The van der Waals surface area contributed by atoms with E-state index >= 15 is 0 Å². The second-order valence-corrected chi connectivity index (χ2v) is 7.45. The van der Waals surface area contributed by atoms with E-state index in [0.717, 1.165) is 6.42 Å². The summed E-state index contributed by atoms with van der Waals surface area (Å²) in [6, 6.07) is 20.8. The molecule has 1 aliphatic heterocycles. The third-order valence-electron chi connectivity index (χ3n) is 5.69. The lowest BCUT2D eigenvalue weighted by atomic mass is 9.98. The van der Waals surface area contributed by atoms with Gasteiger partial charge < -0.3 is 20.1 Å². The Morgan fingerprint density at radius 1 is 1.00 bits per heavy atom. The van der Waals surface area contributed by atoms with Crippen molar-refractivity contribution in [1.29, 1.82) is 0 Å². The van der Waals surface area contributed by atoms with Crippen molar-refractivity contribution in [3.8, 4) is 11.3 Å². The van der Waals surface area contributed by atoms with Crippen LogP contribution in [0.3, 0.4) is 0 Å². The number of hydrogen-bond donors (Lipinski definition) is 3. The Morgan fingerprint density at radius 2 is 1.62 bits per heavy atom. The van der Waals surface area contributed by atoms with Gasteiger partial charge in [0.1, 0.15) is 0 Å². The maximum absolute atomic E-state index is 9.10. The van der Waals surface area contributed by atoms with Gasteiger partial charge in [-0.2, -0.15) is 0 Å². The van der Waals surface area contributed by atoms with Gasteiger partial charge in [-0.1, -0.05) is 48.5 Å². The average Bonchev–Trinajstić information content (AvgIpc) is 3.24. The summed E-state index contributed by atoms with van der Waals surface area (Å²) in [5.74, 6) is -3.65. The van der Waals surface area contributed by atoms with Crippen LogP contribution >= 0.6 is 0 Å². The van der Waals surface area contributed by atoms with Gasteiger partial charge in [0.15, 0.2) is 0 Å². The van der Waals surface area contributed by atoms with E-state index in [1.165, 1.54) is 40.6 Å². The number of aliphatic carboxylic acids is 2. The first kappa shape index (κ1) is 20.6. The number of hydrogen-bond acceptors (Lipinski definition) is 3. The van der Waals surface area contributed by atoms with Crippen molar-refractivity contribution in [3.05, 3.63) is 60.2 Å². The zero-order chi connectivity index (χ0) is 21.0. The quantitative estimate of drug-likeness (QED) is 0.584. The molecular formula is C23H26N2O4. The number of fused-ring (bicyclic) bond motifs is 1. The Balaban J connectivity index is 0.000000353. The fourth-order valence-corrected chi connectivity index (χ4v) is 3.95. The number of benzene rings is 2. The first-order chi connectivity index (χ1) is 13.9. The molecule has 0 radical (unpaired) electrons. The molecule has 0 amide bonds. The van der Waals surface area contributed by atoms with E-state index in [9.17, 15) is 0 Å². The molecule has 0 saturated carbocycles. The molecule has 6 heteroatoms. The maximum atomic E-state index is 9.10. The number of rotatable bonds is 3. The molecule has 1 fully saturated rings. The molecule has 3 N–H and O–H groups in total. The molecule has 2 heterocycles. The lowest BCUT2D eigenvalue weighted by Crippen LogP contribution is -2.31. The highest BCUT2D eigenvalue weighted by Gasteiger charge is 2.28. The molecule has 0 aliphatic carbocycles. The van der Waals surface area contributed by atoms with Crippen LogP contribution in [0.4, 0.5) is 0 Å². The predicted octanol–water partition coefficient (Wildman–Crippen LogP) is 4.02. The lowest BCUT2D eigenvalue weighted by Gasteiger charge is -2.23. The SMILES string of the molecule is C[C@@H]1CC[C@H](Cc2c(-c3ccccc3)[nH]c3ccccc23)N1C.O=C(O)C(=O)O. The highest BCUT2D eigenvalue weighted by atomic mass is 16.4. The van der Waals surface area contributed by atoms with E-state index < -0.39 is 11.9 Å². The van der Waals surface area contributed by atoms with Gasteiger partial charge in [-0.05, 0) is 50.4 Å².